The molecule has 0 aliphatic carbocycles. The summed E-state index contributed by atoms with van der Waals surface area (Å²) in [6.07, 6.45) is 0. The summed E-state index contributed by atoms with van der Waals surface area (Å²) in [5, 5.41) is 9.78. The largest absolute Gasteiger partial charge is 0.476 e. The summed E-state index contributed by atoms with van der Waals surface area (Å²) in [6, 6.07) is 7.49. The summed E-state index contributed by atoms with van der Waals surface area (Å²) in [5.74, 6) is -1.05. The van der Waals surface area contributed by atoms with Crippen LogP contribution in [0.25, 0.3) is 0 Å². The van der Waals surface area contributed by atoms with Crippen molar-refractivity contribution in [2.24, 2.45) is 0 Å². The highest BCUT2D eigenvalue weighted by Crippen LogP contribution is 2.53. The molecule has 0 aliphatic rings. The zero-order valence-corrected chi connectivity index (χ0v) is 13.9. The van der Waals surface area contributed by atoms with Gasteiger partial charge in [0.15, 0.2) is 0 Å². The SMILES string of the molecule is CCOC(=O)C(C#N)(OP(=O)(OC)OC)c1cccc(Cl)c1. The van der Waals surface area contributed by atoms with Gasteiger partial charge in [-0.05, 0) is 19.1 Å². The van der Waals surface area contributed by atoms with Crippen molar-refractivity contribution >= 4 is 25.4 Å². The van der Waals surface area contributed by atoms with E-state index in [1.54, 1.807) is 19.1 Å². The molecular formula is C13H15ClNO6P. The normalized spacial score (nSPS) is 14.0. The first-order chi connectivity index (χ1) is 10.4. The molecule has 7 nitrogen and oxygen atoms in total. The van der Waals surface area contributed by atoms with Gasteiger partial charge >= 0.3 is 13.8 Å². The molecule has 1 aromatic rings. The van der Waals surface area contributed by atoms with Crippen molar-refractivity contribution in [3.63, 3.8) is 0 Å². The van der Waals surface area contributed by atoms with Gasteiger partial charge in [-0.25, -0.2) is 13.9 Å². The lowest BCUT2D eigenvalue weighted by molar-refractivity contribution is -0.159. The van der Waals surface area contributed by atoms with Gasteiger partial charge in [0.25, 0.3) is 5.60 Å². The molecule has 22 heavy (non-hydrogen) atoms. The van der Waals surface area contributed by atoms with Crippen molar-refractivity contribution in [2.75, 3.05) is 20.8 Å². The van der Waals surface area contributed by atoms with Gasteiger partial charge in [-0.3, -0.25) is 9.05 Å². The fourth-order valence-corrected chi connectivity index (χ4v) is 2.64. The van der Waals surface area contributed by atoms with Crippen molar-refractivity contribution in [2.45, 2.75) is 12.5 Å². The molecule has 0 amide bonds. The van der Waals surface area contributed by atoms with Gasteiger partial charge in [0.1, 0.15) is 6.07 Å². The standard InChI is InChI=1S/C13H15ClNO6P/c1-4-20-12(16)13(9-15,21-22(17,18-2)19-3)10-6-5-7-11(14)8-10/h5-8H,4H2,1-3H3. The molecule has 0 bridgehead atoms. The number of nitriles is 1. The molecule has 0 aromatic heterocycles. The van der Waals surface area contributed by atoms with E-state index >= 15 is 0 Å². The van der Waals surface area contributed by atoms with Gasteiger partial charge in [0.05, 0.1) is 6.61 Å². The van der Waals surface area contributed by atoms with Gasteiger partial charge in [0.2, 0.25) is 0 Å². The van der Waals surface area contributed by atoms with Crippen LogP contribution in [-0.4, -0.2) is 26.8 Å². The Bertz CT molecular complexity index is 623. The monoisotopic (exact) mass is 347 g/mol. The van der Waals surface area contributed by atoms with Gasteiger partial charge < -0.3 is 4.74 Å². The van der Waals surface area contributed by atoms with E-state index in [0.717, 1.165) is 14.2 Å². The molecule has 0 radical (unpaired) electrons. The second-order valence-electron chi connectivity index (χ2n) is 3.93. The molecule has 0 saturated carbocycles. The Morgan fingerprint density at radius 1 is 1.41 bits per heavy atom. The maximum Gasteiger partial charge on any atom is 0.476 e. The molecule has 120 valence electrons. The smallest absolute Gasteiger partial charge is 0.463 e. The number of carbonyl (C=O) groups excluding carboxylic acids is 1. The fourth-order valence-electron chi connectivity index (χ4n) is 1.60. The molecule has 0 fully saturated rings. The van der Waals surface area contributed by atoms with Crippen molar-refractivity contribution in [3.05, 3.63) is 34.9 Å². The van der Waals surface area contributed by atoms with Crippen LogP contribution < -0.4 is 0 Å². The van der Waals surface area contributed by atoms with Crippen LogP contribution in [0.5, 0.6) is 0 Å². The number of rotatable bonds is 7. The lowest BCUT2D eigenvalue weighted by Crippen LogP contribution is -2.38. The van der Waals surface area contributed by atoms with Gasteiger partial charge in [-0.1, -0.05) is 23.7 Å². The second-order valence-corrected chi connectivity index (χ2v) is 6.17. The summed E-state index contributed by atoms with van der Waals surface area (Å²) in [5.41, 5.74) is -2.28. The predicted octanol–water partition coefficient (Wildman–Crippen LogP) is 3.04. The zero-order valence-electron chi connectivity index (χ0n) is 12.2. The Kier molecular flexibility index (Phi) is 6.54. The first-order valence-corrected chi connectivity index (χ1v) is 7.98. The first-order valence-electron chi connectivity index (χ1n) is 6.14. The number of phosphoric acid groups is 1. The third-order valence-corrected chi connectivity index (χ3v) is 4.27. The Morgan fingerprint density at radius 3 is 2.50 bits per heavy atom. The highest BCUT2D eigenvalue weighted by molar-refractivity contribution is 7.48. The molecule has 1 unspecified atom stereocenters. The molecule has 1 aromatic carbocycles. The predicted molar refractivity (Wildman–Crippen MR) is 78.1 cm³/mol. The second kappa shape index (κ2) is 7.73. The van der Waals surface area contributed by atoms with Crippen molar-refractivity contribution in [3.8, 4) is 6.07 Å². The van der Waals surface area contributed by atoms with Crippen LogP contribution in [0.1, 0.15) is 12.5 Å². The minimum Gasteiger partial charge on any atom is -0.463 e. The molecular weight excluding hydrogens is 333 g/mol. The van der Waals surface area contributed by atoms with E-state index in [1.165, 1.54) is 18.2 Å². The lowest BCUT2D eigenvalue weighted by atomic mass is 9.96. The average Bonchev–Trinajstić information content (AvgIpc) is 2.52. The number of ether oxygens (including phenoxy) is 1. The number of esters is 1. The van der Waals surface area contributed by atoms with Gasteiger partial charge in [-0.2, -0.15) is 5.26 Å². The van der Waals surface area contributed by atoms with E-state index in [2.05, 4.69) is 9.05 Å². The van der Waals surface area contributed by atoms with Crippen molar-refractivity contribution < 1.29 is 27.7 Å². The number of hydrogen-bond donors (Lipinski definition) is 0. The summed E-state index contributed by atoms with van der Waals surface area (Å²) in [7, 11) is -2.01. The zero-order chi connectivity index (χ0) is 16.8. The third kappa shape index (κ3) is 3.86. The molecule has 0 aliphatic heterocycles. The van der Waals surface area contributed by atoms with E-state index in [1.807, 2.05) is 0 Å². The summed E-state index contributed by atoms with van der Waals surface area (Å²) in [4.78, 5) is 12.3. The van der Waals surface area contributed by atoms with Crippen LogP contribution in [-0.2, 0) is 33.3 Å². The van der Waals surface area contributed by atoms with Crippen molar-refractivity contribution in [1.82, 2.24) is 0 Å². The minimum absolute atomic E-state index is 0.00352. The van der Waals surface area contributed by atoms with Crippen LogP contribution in [0, 0.1) is 11.3 Å². The molecule has 0 N–H and O–H groups in total. The highest BCUT2D eigenvalue weighted by atomic mass is 35.5. The van der Waals surface area contributed by atoms with E-state index in [4.69, 9.17) is 20.9 Å². The Labute approximate surface area is 133 Å². The summed E-state index contributed by atoms with van der Waals surface area (Å²) in [6.45, 7) is 1.56. The number of benzene rings is 1. The Hall–Kier alpha value is -1.42. The van der Waals surface area contributed by atoms with E-state index in [-0.39, 0.29) is 17.2 Å². The third-order valence-electron chi connectivity index (χ3n) is 2.65. The molecule has 1 rings (SSSR count). The highest BCUT2D eigenvalue weighted by Gasteiger charge is 2.50. The van der Waals surface area contributed by atoms with E-state index in [0.29, 0.717) is 0 Å². The van der Waals surface area contributed by atoms with Crippen LogP contribution >= 0.6 is 19.4 Å². The first kappa shape index (κ1) is 18.6. The van der Waals surface area contributed by atoms with Crippen LogP contribution in [0.2, 0.25) is 5.02 Å². The Morgan fingerprint density at radius 2 is 2.05 bits per heavy atom. The molecule has 0 heterocycles. The molecule has 9 heteroatoms. The summed E-state index contributed by atoms with van der Waals surface area (Å²) >= 11 is 5.88. The number of halogens is 1. The van der Waals surface area contributed by atoms with Crippen molar-refractivity contribution in [1.29, 1.82) is 5.26 Å². The maximum atomic E-state index is 12.3. The number of hydrogen-bond acceptors (Lipinski definition) is 7. The summed E-state index contributed by atoms with van der Waals surface area (Å²) < 4.78 is 31.5. The molecule has 0 spiro atoms. The Balaban J connectivity index is 3.46. The average molecular weight is 348 g/mol. The number of nitrogens with zero attached hydrogens (tertiary/aromatic N) is 1. The quantitative estimate of drug-likeness (QED) is 0.552. The number of carbonyl (C=O) groups is 1. The van der Waals surface area contributed by atoms with Crippen LogP contribution in [0.3, 0.4) is 0 Å². The van der Waals surface area contributed by atoms with E-state index in [9.17, 15) is 14.6 Å². The fraction of sp³-hybridized carbons (Fsp3) is 0.385. The number of phosphoric ester groups is 1. The van der Waals surface area contributed by atoms with E-state index < -0.39 is 19.4 Å². The van der Waals surface area contributed by atoms with Crippen LogP contribution in [0.15, 0.2) is 24.3 Å². The van der Waals surface area contributed by atoms with Crippen LogP contribution in [0.4, 0.5) is 0 Å². The molecule has 1 atom stereocenters. The lowest BCUT2D eigenvalue weighted by Gasteiger charge is -2.27. The topological polar surface area (TPSA) is 94.9 Å². The minimum atomic E-state index is -4.14. The van der Waals surface area contributed by atoms with Gasteiger partial charge in [-0.15, -0.1) is 0 Å². The van der Waals surface area contributed by atoms with Gasteiger partial charge in [0, 0.05) is 24.8 Å². The maximum absolute atomic E-state index is 12.3. The molecule has 0 saturated heterocycles.